The second-order valence-corrected chi connectivity index (χ2v) is 26.8. The predicted octanol–water partition coefficient (Wildman–Crippen LogP) is 7.60. The summed E-state index contributed by atoms with van der Waals surface area (Å²) < 4.78 is 16.7. The molecule has 4 atom stereocenters. The average molecular weight is 1260 g/mol. The number of methoxy groups -OCH3 is 1. The van der Waals surface area contributed by atoms with Crippen LogP contribution in [0, 0.1) is 12.8 Å². The largest absolute Gasteiger partial charge is 0.386 e. The molecule has 1 aliphatic heterocycles. The third-order valence-electron chi connectivity index (χ3n) is 12.6. The summed E-state index contributed by atoms with van der Waals surface area (Å²) in [7, 11) is -1.26. The zero-order valence-electron chi connectivity index (χ0n) is 44.8. The van der Waals surface area contributed by atoms with Gasteiger partial charge in [-0.1, -0.05) is 44.2 Å². The highest BCUT2D eigenvalue weighted by molar-refractivity contribution is 7.51. The number of rotatable bonds is 14. The van der Waals surface area contributed by atoms with E-state index in [0.717, 1.165) is 22.7 Å². The maximum absolute atomic E-state index is 14.3. The molecule has 0 saturated carbocycles. The SMILES string of the molecule is CNC(=O)C[C@@H]1NC(=O)c2csc(n2)-c2ccc(-c3nc(NC(=O)CCCCP(=O)(O)O)cs3)nc2-c2cnc(s2)-c2csc(n2)[C@H]([C@@H](O)c2ccccc2)NC(=O)CNC(=O)c2nc(sc2COC)[C@H](C(C)C)NC(=O)c2nc1sc2C. The van der Waals surface area contributed by atoms with E-state index in [0.29, 0.717) is 67.9 Å². The Morgan fingerprint density at radius 2 is 1.51 bits per heavy atom. The van der Waals surface area contributed by atoms with Crippen LogP contribution in [-0.2, 0) is 30.3 Å². The Balaban J connectivity index is 1.10. The molecule has 0 spiro atoms. The minimum atomic E-state index is -4.19. The molecule has 6 amide bonds. The van der Waals surface area contributed by atoms with Crippen LogP contribution in [0.4, 0.5) is 5.82 Å². The predicted molar refractivity (Wildman–Crippen MR) is 316 cm³/mol. The maximum atomic E-state index is 14.3. The molecule has 0 unspecified atom stereocenters. The van der Waals surface area contributed by atoms with Gasteiger partial charge in [0.15, 0.2) is 0 Å². The van der Waals surface area contributed by atoms with Gasteiger partial charge in [-0.05, 0) is 43.4 Å². The molecule has 1 aromatic carbocycles. The van der Waals surface area contributed by atoms with E-state index in [-0.39, 0.29) is 78.2 Å². The van der Waals surface area contributed by atoms with Gasteiger partial charge in [0.25, 0.3) is 17.7 Å². The van der Waals surface area contributed by atoms with Crippen molar-refractivity contribution in [2.24, 2.45) is 5.92 Å². The van der Waals surface area contributed by atoms with Crippen molar-refractivity contribution in [3.63, 3.8) is 0 Å². The molecular weight excluding hydrogens is 1210 g/mol. The van der Waals surface area contributed by atoms with E-state index in [2.05, 4.69) is 46.9 Å². The van der Waals surface area contributed by atoms with Crippen LogP contribution in [0.3, 0.4) is 0 Å². The van der Waals surface area contributed by atoms with E-state index in [9.17, 15) is 48.2 Å². The van der Waals surface area contributed by atoms with Crippen LogP contribution < -0.4 is 31.9 Å². The van der Waals surface area contributed by atoms with Gasteiger partial charge in [-0.25, -0.2) is 34.9 Å². The summed E-state index contributed by atoms with van der Waals surface area (Å²) in [5.74, 6) is -3.30. The number of benzene rings is 1. The van der Waals surface area contributed by atoms with Crippen molar-refractivity contribution in [3.05, 3.63) is 112 Å². The van der Waals surface area contributed by atoms with Crippen molar-refractivity contribution >= 4 is 117 Å². The van der Waals surface area contributed by atoms with Crippen LogP contribution in [0.2, 0.25) is 0 Å². The molecular formula is C52H54N13O11PS6. The number of carbonyl (C=O) groups is 6. The Kier molecular flexibility index (Phi) is 19.5. The lowest BCUT2D eigenvalue weighted by Crippen LogP contribution is -2.40. The molecule has 0 aliphatic carbocycles. The third kappa shape index (κ3) is 14.9. The first-order valence-corrected chi connectivity index (χ1v) is 32.4. The normalized spacial score (nSPS) is 16.6. The Morgan fingerprint density at radius 3 is 2.25 bits per heavy atom. The van der Waals surface area contributed by atoms with Gasteiger partial charge in [0, 0.05) is 59.5 Å². The van der Waals surface area contributed by atoms with Crippen molar-refractivity contribution in [1.29, 1.82) is 0 Å². The lowest BCUT2D eigenvalue weighted by atomic mass is 10.0. The highest BCUT2D eigenvalue weighted by atomic mass is 32.1. The fourth-order valence-electron chi connectivity index (χ4n) is 8.44. The summed E-state index contributed by atoms with van der Waals surface area (Å²) in [6, 6.07) is 9.40. The molecule has 9 rings (SSSR count). The summed E-state index contributed by atoms with van der Waals surface area (Å²) in [6.45, 7) is 4.93. The van der Waals surface area contributed by atoms with Crippen LogP contribution >= 0.6 is 75.6 Å². The topological polar surface area (TPSA) is 352 Å². The number of ether oxygens (including phenoxy) is 1. The molecule has 9 N–H and O–H groups in total. The number of aliphatic hydroxyl groups excluding tert-OH is 1. The summed E-state index contributed by atoms with van der Waals surface area (Å²) in [4.78, 5) is 135. The van der Waals surface area contributed by atoms with Crippen molar-refractivity contribution in [2.75, 3.05) is 32.2 Å². The Bertz CT molecular complexity index is 3740. The number of aromatic nitrogens is 7. The molecule has 8 heterocycles. The van der Waals surface area contributed by atoms with Crippen LogP contribution in [0.5, 0.6) is 0 Å². The summed E-state index contributed by atoms with van der Waals surface area (Å²) >= 11 is 7.09. The first-order chi connectivity index (χ1) is 39.7. The standard InChI is InChI=1S/C52H54N13O11PS6/c1-24(2)38-52-65-41(33(83-52)20-76-5)45(71)54-19-37(68)62-42(43(69)26-11-7-6-8-12-26)51-59-31(22-79-51)48-55-18-32(82-48)40-27(14-15-28(56-40)49-61-34(23-80-49)60-35(66)13-9-10-16-77(73,74)75)47-58-30(21-78-47)44(70)57-29(17-36(67)53-4)50-64-39(25(3)81-50)46(72)63-38/h6-8,11-12,14-15,18,21-24,29,38,42-43,69H,9-10,13,16-17,19-20H2,1-5H3,(H,53,67)(H,54,71)(H,57,70)(H,60,66)(H,62,68)(H,63,72)(H2,73,74,75)/t29-,38-,42-,43-/m0/s1. The molecule has 0 radical (unpaired) electrons. The molecule has 0 saturated heterocycles. The number of amides is 6. The van der Waals surface area contributed by atoms with Gasteiger partial charge in [-0.2, -0.15) is 0 Å². The lowest BCUT2D eigenvalue weighted by Gasteiger charge is -2.23. The highest BCUT2D eigenvalue weighted by Gasteiger charge is 2.33. The Labute approximate surface area is 498 Å². The maximum Gasteiger partial charge on any atom is 0.325 e. The van der Waals surface area contributed by atoms with E-state index in [1.54, 1.807) is 71.7 Å². The van der Waals surface area contributed by atoms with Crippen LogP contribution in [0.15, 0.2) is 64.8 Å². The molecule has 10 bridgehead atoms. The summed E-state index contributed by atoms with van der Waals surface area (Å²) in [6.07, 6.45) is 0.232. The molecule has 7 aromatic heterocycles. The highest BCUT2D eigenvalue weighted by Crippen LogP contribution is 2.42. The smallest absolute Gasteiger partial charge is 0.325 e. The molecule has 0 fully saturated rings. The quantitative estimate of drug-likeness (QED) is 0.0374. The van der Waals surface area contributed by atoms with Gasteiger partial charge in [0.05, 0.1) is 52.8 Å². The van der Waals surface area contributed by atoms with Crippen molar-refractivity contribution in [3.8, 4) is 42.5 Å². The van der Waals surface area contributed by atoms with Gasteiger partial charge in [-0.15, -0.1) is 68.0 Å². The molecule has 1 aliphatic rings. The number of nitrogens with zero attached hydrogens (tertiary/aromatic N) is 7. The third-order valence-corrected chi connectivity index (χ3v) is 19.4. The van der Waals surface area contributed by atoms with Crippen LogP contribution in [0.1, 0.15) is 126 Å². The van der Waals surface area contributed by atoms with Crippen LogP contribution in [0.25, 0.3) is 42.5 Å². The number of anilines is 1. The Morgan fingerprint density at radius 1 is 0.747 bits per heavy atom. The van der Waals surface area contributed by atoms with Crippen molar-refractivity contribution < 1.29 is 53.0 Å². The lowest BCUT2D eigenvalue weighted by molar-refractivity contribution is -0.122. The first-order valence-electron chi connectivity index (χ1n) is 25.5. The number of aliphatic hydroxyl groups is 1. The molecule has 434 valence electrons. The van der Waals surface area contributed by atoms with Crippen LogP contribution in [-0.4, -0.2) is 112 Å². The number of fused-ring (bicyclic) bond motifs is 14. The number of carbonyl (C=O) groups excluding carboxylic acids is 6. The minimum Gasteiger partial charge on any atom is -0.386 e. The molecule has 31 heteroatoms. The van der Waals surface area contributed by atoms with Gasteiger partial charge in [-0.3, -0.25) is 33.3 Å². The average Bonchev–Trinajstić information content (AvgIpc) is 4.41. The van der Waals surface area contributed by atoms with Gasteiger partial charge in [0.1, 0.15) is 70.8 Å². The number of hydrogen-bond acceptors (Lipinski definition) is 22. The second kappa shape index (κ2) is 26.7. The van der Waals surface area contributed by atoms with E-state index in [1.165, 1.54) is 59.5 Å². The summed E-state index contributed by atoms with van der Waals surface area (Å²) in [5, 5.41) is 35.9. The molecule has 83 heavy (non-hydrogen) atoms. The second-order valence-electron chi connectivity index (χ2n) is 19.1. The van der Waals surface area contributed by atoms with Crippen molar-refractivity contribution in [2.45, 2.75) is 77.3 Å². The van der Waals surface area contributed by atoms with Gasteiger partial charge < -0.3 is 51.5 Å². The van der Waals surface area contributed by atoms with E-state index < -0.39 is 67.9 Å². The molecule has 8 aromatic rings. The van der Waals surface area contributed by atoms with E-state index in [1.807, 2.05) is 13.8 Å². The monoisotopic (exact) mass is 1260 g/mol. The first kappa shape index (κ1) is 60.6. The Hall–Kier alpha value is -6.96. The van der Waals surface area contributed by atoms with Crippen molar-refractivity contribution in [1.82, 2.24) is 61.5 Å². The number of unbranched alkanes of at least 4 members (excludes halogenated alkanes) is 1. The van der Waals surface area contributed by atoms with E-state index >= 15 is 0 Å². The number of thiazole rings is 6. The van der Waals surface area contributed by atoms with Gasteiger partial charge >= 0.3 is 7.60 Å². The number of hydrogen-bond donors (Lipinski definition) is 9. The number of nitrogens with one attached hydrogen (secondary N) is 6. The zero-order valence-corrected chi connectivity index (χ0v) is 50.6. The minimum absolute atomic E-state index is 0.00412. The fraction of sp³-hybridized carbons (Fsp3) is 0.327. The number of pyridine rings is 1. The van der Waals surface area contributed by atoms with E-state index in [4.69, 9.17) is 24.7 Å². The van der Waals surface area contributed by atoms with Gasteiger partial charge in [0.2, 0.25) is 17.7 Å². The number of aryl methyl sites for hydroxylation is 1. The molecule has 24 nitrogen and oxygen atoms in total. The zero-order chi connectivity index (χ0) is 59.1. The fourth-order valence-corrected chi connectivity index (χ4v) is 14.7. The summed E-state index contributed by atoms with van der Waals surface area (Å²) in [5.41, 5.74) is 2.29.